The molecule has 0 saturated carbocycles. The van der Waals surface area contributed by atoms with Crippen molar-refractivity contribution in [3.8, 4) is 0 Å². The van der Waals surface area contributed by atoms with Gasteiger partial charge < -0.3 is 8.23 Å². The van der Waals surface area contributed by atoms with Crippen molar-refractivity contribution in [3.05, 3.63) is 35.9 Å². The van der Waals surface area contributed by atoms with Gasteiger partial charge >= 0.3 is 8.56 Å². The van der Waals surface area contributed by atoms with E-state index in [1.807, 2.05) is 6.08 Å². The second-order valence-electron chi connectivity index (χ2n) is 7.50. The Hall–Kier alpha value is -0.469. The van der Waals surface area contributed by atoms with Gasteiger partial charge in [-0.15, -0.1) is 0 Å². The van der Waals surface area contributed by atoms with Gasteiger partial charge in [-0.1, -0.05) is 30.9 Å². The first-order chi connectivity index (χ1) is 9.36. The molecule has 2 nitrogen and oxygen atoms in total. The number of aryl methyl sites for hydroxylation is 1. The highest BCUT2D eigenvalue weighted by Crippen LogP contribution is 2.21. The van der Waals surface area contributed by atoms with E-state index < -0.39 is 25.2 Å². The molecular weight excluding hydrogens is 308 g/mol. The van der Waals surface area contributed by atoms with Crippen molar-refractivity contribution >= 4 is 36.5 Å². The van der Waals surface area contributed by atoms with Gasteiger partial charge in [0.25, 0.3) is 0 Å². The zero-order valence-electron chi connectivity index (χ0n) is 14.8. The Morgan fingerprint density at radius 1 is 0.952 bits per heavy atom. The van der Waals surface area contributed by atoms with E-state index in [9.17, 15) is 0 Å². The van der Waals surface area contributed by atoms with E-state index in [0.717, 1.165) is 0 Å². The summed E-state index contributed by atoms with van der Waals surface area (Å²) in [6.07, 6.45) is 1.90. The van der Waals surface area contributed by atoms with Crippen LogP contribution in [0.1, 0.15) is 11.1 Å². The van der Waals surface area contributed by atoms with Crippen LogP contribution in [-0.4, -0.2) is 25.2 Å². The highest BCUT2D eigenvalue weighted by molar-refractivity contribution is 6.93. The predicted molar refractivity (Wildman–Crippen MR) is 101 cm³/mol. The third-order valence-corrected chi connectivity index (χ3v) is 13.4. The first kappa shape index (κ1) is 18.6. The number of hydrogen-bond acceptors (Lipinski definition) is 2. The fourth-order valence-corrected chi connectivity index (χ4v) is 15.6. The van der Waals surface area contributed by atoms with Crippen molar-refractivity contribution in [3.63, 3.8) is 0 Å². The zero-order chi connectivity index (χ0) is 16.5. The standard InChI is InChI=1S/C16H30O2Si3/c1-10-15-11-12-16(13-14(15)2)20(6,7)18-21(8,9)17-19(3,4)5/h10-13H,1H2,2-9H3. The smallest absolute Gasteiger partial charge is 0.311 e. The summed E-state index contributed by atoms with van der Waals surface area (Å²) in [5.41, 5.74) is 2.45. The van der Waals surface area contributed by atoms with Gasteiger partial charge in [-0.2, -0.15) is 0 Å². The minimum atomic E-state index is -2.09. The summed E-state index contributed by atoms with van der Waals surface area (Å²) in [5, 5.41) is 1.32. The largest absolute Gasteiger partial charge is 0.437 e. The SMILES string of the molecule is C=Cc1ccc([Si](C)(C)O[Si](C)(C)O[Si](C)(C)C)cc1C. The highest BCUT2D eigenvalue weighted by atomic mass is 28.5. The minimum absolute atomic E-state index is 1.19. The number of rotatable bonds is 6. The van der Waals surface area contributed by atoms with E-state index in [1.165, 1.54) is 16.3 Å². The molecule has 0 aliphatic rings. The molecule has 1 aromatic rings. The molecule has 1 aromatic carbocycles. The molecule has 0 aliphatic heterocycles. The second kappa shape index (κ2) is 6.34. The molecule has 0 fully saturated rings. The number of hydrogen-bond donors (Lipinski definition) is 0. The molecule has 0 bridgehead atoms. The van der Waals surface area contributed by atoms with E-state index >= 15 is 0 Å². The average Bonchev–Trinajstić information content (AvgIpc) is 2.23. The first-order valence-electron chi connectivity index (χ1n) is 7.50. The second-order valence-corrected chi connectivity index (χ2v) is 19.8. The quantitative estimate of drug-likeness (QED) is 0.705. The molecule has 118 valence electrons. The molecule has 5 heteroatoms. The lowest BCUT2D eigenvalue weighted by Gasteiger charge is -2.37. The lowest BCUT2D eigenvalue weighted by atomic mass is 10.1. The van der Waals surface area contributed by atoms with Crippen molar-refractivity contribution in [2.75, 3.05) is 0 Å². The Kier molecular flexibility index (Phi) is 5.61. The Morgan fingerprint density at radius 3 is 1.95 bits per heavy atom. The van der Waals surface area contributed by atoms with Crippen LogP contribution in [0.25, 0.3) is 6.08 Å². The normalized spacial score (nSPS) is 13.3. The summed E-state index contributed by atoms with van der Waals surface area (Å²) < 4.78 is 12.9. The van der Waals surface area contributed by atoms with Crippen LogP contribution >= 0.6 is 0 Å². The molecule has 1 rings (SSSR count). The maximum absolute atomic E-state index is 6.58. The Bertz CT molecular complexity index is 517. The van der Waals surface area contributed by atoms with Crippen LogP contribution in [0.4, 0.5) is 0 Å². The van der Waals surface area contributed by atoms with Gasteiger partial charge in [0.1, 0.15) is 0 Å². The molecule has 0 atom stereocenters. The molecule has 0 N–H and O–H groups in total. The van der Waals surface area contributed by atoms with Crippen molar-refractivity contribution in [2.45, 2.75) is 52.8 Å². The predicted octanol–water partition coefficient (Wildman–Crippen LogP) is 4.62. The van der Waals surface area contributed by atoms with Crippen LogP contribution in [0.5, 0.6) is 0 Å². The van der Waals surface area contributed by atoms with Crippen LogP contribution in [0.15, 0.2) is 24.8 Å². The molecule has 0 aliphatic carbocycles. The fraction of sp³-hybridized carbons (Fsp3) is 0.500. The monoisotopic (exact) mass is 338 g/mol. The topological polar surface area (TPSA) is 18.5 Å². The summed E-state index contributed by atoms with van der Waals surface area (Å²) in [4.78, 5) is 0. The summed E-state index contributed by atoms with van der Waals surface area (Å²) in [5.74, 6) is 0. The lowest BCUT2D eigenvalue weighted by molar-refractivity contribution is 0.398. The van der Waals surface area contributed by atoms with Crippen LogP contribution < -0.4 is 5.19 Å². The summed E-state index contributed by atoms with van der Waals surface area (Å²) >= 11 is 0. The summed E-state index contributed by atoms with van der Waals surface area (Å²) in [6.45, 7) is 21.5. The van der Waals surface area contributed by atoms with E-state index in [1.54, 1.807) is 0 Å². The Morgan fingerprint density at radius 2 is 1.52 bits per heavy atom. The average molecular weight is 339 g/mol. The minimum Gasteiger partial charge on any atom is -0.437 e. The Labute approximate surface area is 133 Å². The molecule has 0 unspecified atom stereocenters. The van der Waals surface area contributed by atoms with Crippen LogP contribution in [0, 0.1) is 6.92 Å². The van der Waals surface area contributed by atoms with Crippen molar-refractivity contribution in [2.24, 2.45) is 0 Å². The third kappa shape index (κ3) is 5.67. The number of benzene rings is 1. The molecule has 0 heterocycles. The highest BCUT2D eigenvalue weighted by Gasteiger charge is 2.38. The van der Waals surface area contributed by atoms with E-state index in [2.05, 4.69) is 77.5 Å². The van der Waals surface area contributed by atoms with E-state index in [0.29, 0.717) is 0 Å². The lowest BCUT2D eigenvalue weighted by Crippen LogP contribution is -2.56. The summed E-state index contributed by atoms with van der Waals surface area (Å²) in [7, 11) is -5.62. The van der Waals surface area contributed by atoms with Gasteiger partial charge in [0.15, 0.2) is 8.32 Å². The fourth-order valence-electron chi connectivity index (χ4n) is 2.71. The van der Waals surface area contributed by atoms with Gasteiger partial charge in [-0.25, -0.2) is 0 Å². The molecule has 0 saturated heterocycles. The molecule has 0 amide bonds. The molecule has 0 radical (unpaired) electrons. The first-order valence-corrected chi connectivity index (χ1v) is 16.6. The molecular formula is C16H30O2Si3. The van der Waals surface area contributed by atoms with Gasteiger partial charge in [0.05, 0.1) is 0 Å². The maximum atomic E-state index is 6.58. The van der Waals surface area contributed by atoms with Crippen LogP contribution in [0.3, 0.4) is 0 Å². The maximum Gasteiger partial charge on any atom is 0.311 e. The molecule has 21 heavy (non-hydrogen) atoms. The van der Waals surface area contributed by atoms with Gasteiger partial charge in [-0.3, -0.25) is 0 Å². The van der Waals surface area contributed by atoms with E-state index in [-0.39, 0.29) is 0 Å². The Balaban J connectivity index is 3.00. The van der Waals surface area contributed by atoms with Gasteiger partial charge in [0.2, 0.25) is 8.32 Å². The van der Waals surface area contributed by atoms with Crippen molar-refractivity contribution < 1.29 is 8.23 Å². The van der Waals surface area contributed by atoms with Gasteiger partial charge in [0, 0.05) is 0 Å². The van der Waals surface area contributed by atoms with Crippen molar-refractivity contribution in [1.29, 1.82) is 0 Å². The third-order valence-electron chi connectivity index (χ3n) is 3.24. The zero-order valence-corrected chi connectivity index (χ0v) is 17.8. The molecule has 0 spiro atoms. The van der Waals surface area contributed by atoms with Crippen LogP contribution in [0.2, 0.25) is 45.8 Å². The van der Waals surface area contributed by atoms with Gasteiger partial charge in [-0.05, 0) is 69.1 Å². The molecule has 0 aromatic heterocycles. The summed E-state index contributed by atoms with van der Waals surface area (Å²) in [6, 6.07) is 6.58. The van der Waals surface area contributed by atoms with Crippen LogP contribution in [-0.2, 0) is 8.23 Å². The van der Waals surface area contributed by atoms with E-state index in [4.69, 9.17) is 8.23 Å². The van der Waals surface area contributed by atoms with Crippen molar-refractivity contribution in [1.82, 2.24) is 0 Å².